The number of nitrogens with one attached hydrogen (secondary N) is 1. The zero-order valence-corrected chi connectivity index (χ0v) is 15.3. The number of hydrogen-bond acceptors (Lipinski definition) is 3. The van der Waals surface area contributed by atoms with E-state index in [0.717, 1.165) is 18.4 Å². The highest BCUT2D eigenvalue weighted by Gasteiger charge is 2.15. The molecule has 1 aromatic heterocycles. The summed E-state index contributed by atoms with van der Waals surface area (Å²) in [5.74, 6) is -1.86. The Labute approximate surface area is 155 Å². The molecule has 8 heteroatoms. The number of benzene rings is 2. The molecule has 0 spiro atoms. The van der Waals surface area contributed by atoms with Crippen molar-refractivity contribution in [2.24, 2.45) is 0 Å². The number of aromatic nitrogens is 1. The molecule has 2 aromatic carbocycles. The Balaban J connectivity index is 1.84. The average Bonchev–Trinajstić information content (AvgIpc) is 2.96. The maximum atomic E-state index is 13.9. The van der Waals surface area contributed by atoms with Crippen LogP contribution >= 0.6 is 0 Å². The van der Waals surface area contributed by atoms with Gasteiger partial charge in [0, 0.05) is 30.4 Å². The van der Waals surface area contributed by atoms with Crippen molar-refractivity contribution in [2.45, 2.75) is 11.8 Å². The van der Waals surface area contributed by atoms with Crippen LogP contribution in [-0.4, -0.2) is 25.1 Å². The molecule has 140 valence electrons. The van der Waals surface area contributed by atoms with E-state index >= 15 is 0 Å². The molecule has 0 fully saturated rings. The van der Waals surface area contributed by atoms with E-state index in [0.29, 0.717) is 16.8 Å². The average molecular weight is 390 g/mol. The standard InChI is InChI=1S/C19H16F2N2O3S/c1-12-10-23(18-8-3-13(20)9-17(18)21)11-16(12)19(24)22-14-4-6-15(7-5-14)27(2,25)26/h3-11H,1-2H3,(H,22,24). The van der Waals surface area contributed by atoms with Gasteiger partial charge in [-0.05, 0) is 48.9 Å². The monoisotopic (exact) mass is 390 g/mol. The van der Waals surface area contributed by atoms with Crippen LogP contribution in [0.4, 0.5) is 14.5 Å². The lowest BCUT2D eigenvalue weighted by atomic mass is 10.2. The van der Waals surface area contributed by atoms with Crippen LogP contribution in [0.3, 0.4) is 0 Å². The van der Waals surface area contributed by atoms with Gasteiger partial charge in [-0.1, -0.05) is 0 Å². The summed E-state index contributed by atoms with van der Waals surface area (Å²) in [6.45, 7) is 1.69. The molecule has 1 heterocycles. The summed E-state index contributed by atoms with van der Waals surface area (Å²) in [7, 11) is -3.32. The number of anilines is 1. The third-order valence-corrected chi connectivity index (χ3v) is 5.13. The van der Waals surface area contributed by atoms with Gasteiger partial charge in [-0.2, -0.15) is 0 Å². The predicted molar refractivity (Wildman–Crippen MR) is 97.9 cm³/mol. The summed E-state index contributed by atoms with van der Waals surface area (Å²) >= 11 is 0. The third kappa shape index (κ3) is 4.06. The van der Waals surface area contributed by atoms with Crippen LogP contribution in [0.2, 0.25) is 0 Å². The zero-order valence-electron chi connectivity index (χ0n) is 14.5. The number of nitrogens with zero attached hydrogens (tertiary/aromatic N) is 1. The highest BCUT2D eigenvalue weighted by atomic mass is 32.2. The van der Waals surface area contributed by atoms with Crippen molar-refractivity contribution in [3.8, 4) is 5.69 Å². The van der Waals surface area contributed by atoms with Crippen LogP contribution in [0.5, 0.6) is 0 Å². The molecular weight excluding hydrogens is 374 g/mol. The number of amides is 1. The van der Waals surface area contributed by atoms with Gasteiger partial charge < -0.3 is 9.88 Å². The Kier molecular flexibility index (Phi) is 4.84. The van der Waals surface area contributed by atoms with Crippen molar-refractivity contribution in [1.82, 2.24) is 4.57 Å². The second kappa shape index (κ2) is 6.96. The molecule has 0 saturated heterocycles. The normalized spacial score (nSPS) is 11.4. The van der Waals surface area contributed by atoms with Gasteiger partial charge in [-0.15, -0.1) is 0 Å². The van der Waals surface area contributed by atoms with Crippen molar-refractivity contribution in [2.75, 3.05) is 11.6 Å². The maximum absolute atomic E-state index is 13.9. The van der Waals surface area contributed by atoms with Gasteiger partial charge >= 0.3 is 0 Å². The van der Waals surface area contributed by atoms with Crippen LogP contribution in [0.15, 0.2) is 59.8 Å². The summed E-state index contributed by atoms with van der Waals surface area (Å²) in [6, 6.07) is 8.97. The number of carbonyl (C=O) groups excluding carboxylic acids is 1. The lowest BCUT2D eigenvalue weighted by Crippen LogP contribution is -2.12. The first-order valence-corrected chi connectivity index (χ1v) is 9.80. The van der Waals surface area contributed by atoms with Crippen molar-refractivity contribution in [3.63, 3.8) is 0 Å². The summed E-state index contributed by atoms with van der Waals surface area (Å²) in [5.41, 5.74) is 1.46. The molecule has 0 aliphatic carbocycles. The van der Waals surface area contributed by atoms with E-state index < -0.39 is 27.4 Å². The molecule has 0 radical (unpaired) electrons. The SMILES string of the molecule is Cc1cn(-c2ccc(F)cc2F)cc1C(=O)Nc1ccc(S(C)(=O)=O)cc1. The van der Waals surface area contributed by atoms with Gasteiger partial charge in [0.1, 0.15) is 11.6 Å². The highest BCUT2D eigenvalue weighted by Crippen LogP contribution is 2.20. The molecule has 3 rings (SSSR count). The molecule has 1 amide bonds. The Morgan fingerprint density at radius 1 is 1.04 bits per heavy atom. The van der Waals surface area contributed by atoms with Gasteiger partial charge in [-0.3, -0.25) is 4.79 Å². The van der Waals surface area contributed by atoms with Gasteiger partial charge in [0.15, 0.2) is 9.84 Å². The Bertz CT molecular complexity index is 1120. The van der Waals surface area contributed by atoms with Gasteiger partial charge in [0.25, 0.3) is 5.91 Å². The molecule has 0 saturated carbocycles. The number of carbonyl (C=O) groups is 1. The second-order valence-electron chi connectivity index (χ2n) is 6.11. The number of halogens is 2. The van der Waals surface area contributed by atoms with Crippen molar-refractivity contribution >= 4 is 21.4 Å². The fourth-order valence-electron chi connectivity index (χ4n) is 2.61. The van der Waals surface area contributed by atoms with E-state index in [4.69, 9.17) is 0 Å². The fraction of sp³-hybridized carbons (Fsp3) is 0.105. The minimum Gasteiger partial charge on any atom is -0.322 e. The van der Waals surface area contributed by atoms with Gasteiger partial charge in [0.2, 0.25) is 0 Å². The van der Waals surface area contributed by atoms with E-state index in [1.807, 2.05) is 0 Å². The van der Waals surface area contributed by atoms with Crippen molar-refractivity contribution < 1.29 is 22.0 Å². The second-order valence-corrected chi connectivity index (χ2v) is 8.12. The van der Waals surface area contributed by atoms with E-state index in [2.05, 4.69) is 5.32 Å². The van der Waals surface area contributed by atoms with Crippen LogP contribution < -0.4 is 5.32 Å². The molecule has 3 aromatic rings. The maximum Gasteiger partial charge on any atom is 0.257 e. The van der Waals surface area contributed by atoms with E-state index in [1.165, 1.54) is 41.1 Å². The van der Waals surface area contributed by atoms with Gasteiger partial charge in [-0.25, -0.2) is 17.2 Å². The zero-order chi connectivity index (χ0) is 19.8. The molecule has 1 N–H and O–H groups in total. The van der Waals surface area contributed by atoms with Gasteiger partial charge in [0.05, 0.1) is 16.1 Å². The summed E-state index contributed by atoms with van der Waals surface area (Å²) in [5, 5.41) is 2.67. The molecule has 0 aliphatic rings. The first-order valence-electron chi connectivity index (χ1n) is 7.90. The molecule has 0 unspecified atom stereocenters. The van der Waals surface area contributed by atoms with Crippen molar-refractivity contribution in [3.05, 3.63) is 77.6 Å². The Morgan fingerprint density at radius 2 is 1.70 bits per heavy atom. The fourth-order valence-corrected chi connectivity index (χ4v) is 3.24. The van der Waals surface area contributed by atoms with Crippen LogP contribution in [0.25, 0.3) is 5.69 Å². The summed E-state index contributed by atoms with van der Waals surface area (Å²) in [4.78, 5) is 12.7. The van der Waals surface area contributed by atoms with Crippen LogP contribution in [-0.2, 0) is 9.84 Å². The molecule has 0 atom stereocenters. The van der Waals surface area contributed by atoms with Crippen molar-refractivity contribution in [1.29, 1.82) is 0 Å². The predicted octanol–water partition coefficient (Wildman–Crippen LogP) is 3.72. The number of sulfone groups is 1. The first-order chi connectivity index (χ1) is 12.6. The Morgan fingerprint density at radius 3 is 2.30 bits per heavy atom. The first kappa shape index (κ1) is 18.8. The Hall–Kier alpha value is -3.00. The molecule has 0 bridgehead atoms. The van der Waals surface area contributed by atoms with E-state index in [1.54, 1.807) is 13.1 Å². The van der Waals surface area contributed by atoms with Crippen LogP contribution in [0.1, 0.15) is 15.9 Å². The topological polar surface area (TPSA) is 68.2 Å². The lowest BCUT2D eigenvalue weighted by Gasteiger charge is -2.06. The number of hydrogen-bond donors (Lipinski definition) is 1. The lowest BCUT2D eigenvalue weighted by molar-refractivity contribution is 0.102. The van der Waals surface area contributed by atoms with E-state index in [-0.39, 0.29) is 10.6 Å². The smallest absolute Gasteiger partial charge is 0.257 e. The largest absolute Gasteiger partial charge is 0.322 e. The van der Waals surface area contributed by atoms with E-state index in [9.17, 15) is 22.0 Å². The molecule has 5 nitrogen and oxygen atoms in total. The number of rotatable bonds is 4. The molecular formula is C19H16F2N2O3S. The third-order valence-electron chi connectivity index (χ3n) is 4.00. The molecule has 0 aliphatic heterocycles. The molecule has 27 heavy (non-hydrogen) atoms. The highest BCUT2D eigenvalue weighted by molar-refractivity contribution is 7.90. The minimum absolute atomic E-state index is 0.121. The van der Waals surface area contributed by atoms with Crippen LogP contribution in [0, 0.1) is 18.6 Å². The summed E-state index contributed by atoms with van der Waals surface area (Å²) in [6.07, 6.45) is 4.12. The quantitative estimate of drug-likeness (QED) is 0.738. The number of aryl methyl sites for hydroxylation is 1. The minimum atomic E-state index is -3.32. The summed E-state index contributed by atoms with van der Waals surface area (Å²) < 4.78 is 51.4.